The Morgan fingerprint density at radius 2 is 2.00 bits per heavy atom. The van der Waals surface area contributed by atoms with Crippen molar-refractivity contribution in [1.82, 2.24) is 5.32 Å². The van der Waals surface area contributed by atoms with E-state index in [1.54, 1.807) is 18.3 Å². The zero-order valence-corrected chi connectivity index (χ0v) is 14.3. The minimum absolute atomic E-state index is 0.0120. The third kappa shape index (κ3) is 2.46. The van der Waals surface area contributed by atoms with E-state index in [0.29, 0.717) is 11.0 Å². The number of carbonyl (C=O) groups excluding carboxylic acids is 2. The Balaban J connectivity index is 1.87. The van der Waals surface area contributed by atoms with Crippen LogP contribution < -0.4 is 5.32 Å². The summed E-state index contributed by atoms with van der Waals surface area (Å²) in [5, 5.41) is 3.05. The highest BCUT2D eigenvalue weighted by molar-refractivity contribution is 9.10. The van der Waals surface area contributed by atoms with Crippen LogP contribution in [0.2, 0.25) is 0 Å². The molecule has 0 aromatic heterocycles. The molecule has 124 valence electrons. The summed E-state index contributed by atoms with van der Waals surface area (Å²) in [5.74, 6) is -1.53. The van der Waals surface area contributed by atoms with Gasteiger partial charge in [0.15, 0.2) is 11.6 Å². The summed E-state index contributed by atoms with van der Waals surface area (Å²) >= 11 is 3.21. The van der Waals surface area contributed by atoms with Crippen molar-refractivity contribution in [3.8, 4) is 0 Å². The van der Waals surface area contributed by atoms with Gasteiger partial charge in [-0.1, -0.05) is 6.07 Å². The molecule has 4 rings (SSSR count). The molecular formula is C17H15BrFN3O2. The number of halogens is 2. The molecule has 1 fully saturated rings. The van der Waals surface area contributed by atoms with Gasteiger partial charge in [-0.05, 0) is 33.6 Å². The molecule has 3 heterocycles. The SMILES string of the molecule is O=C1CNCC2=NC3C=NCC(=O)C3C(c3ccc(F)c(Br)c3)C12. The molecule has 0 aliphatic carbocycles. The standard InChI is InChI=1S/C17H15BrFN3O2/c18-9-3-8(1-2-10(9)19)15-16-11(4-20-6-13(16)23)22-12-5-21-7-14(24)17(12)15/h1-4,11,15-17,21H,5-7H2. The summed E-state index contributed by atoms with van der Waals surface area (Å²) in [6.07, 6.45) is 1.71. The number of Topliss-reactive ketones (excluding diaryl/α,β-unsaturated/α-hetero) is 2. The number of rotatable bonds is 1. The van der Waals surface area contributed by atoms with Gasteiger partial charge in [0, 0.05) is 24.4 Å². The van der Waals surface area contributed by atoms with E-state index in [0.717, 1.165) is 11.3 Å². The van der Waals surface area contributed by atoms with E-state index in [2.05, 4.69) is 31.2 Å². The Labute approximate surface area is 146 Å². The second-order valence-corrected chi connectivity index (χ2v) is 7.19. The smallest absolute Gasteiger partial charge is 0.160 e. The molecule has 4 atom stereocenters. The normalized spacial score (nSPS) is 32.2. The summed E-state index contributed by atoms with van der Waals surface area (Å²) in [7, 11) is 0. The molecule has 0 amide bonds. The highest BCUT2D eigenvalue weighted by atomic mass is 79.9. The molecule has 4 unspecified atom stereocenters. The number of nitrogens with one attached hydrogen (secondary N) is 1. The number of hydrogen-bond donors (Lipinski definition) is 1. The van der Waals surface area contributed by atoms with Crippen LogP contribution in [0.1, 0.15) is 11.5 Å². The molecule has 5 nitrogen and oxygen atoms in total. The lowest BCUT2D eigenvalue weighted by molar-refractivity contribution is -0.125. The monoisotopic (exact) mass is 391 g/mol. The fourth-order valence-corrected chi connectivity index (χ4v) is 4.33. The highest BCUT2D eigenvalue weighted by Gasteiger charge is 2.49. The summed E-state index contributed by atoms with van der Waals surface area (Å²) < 4.78 is 14.0. The number of benzene rings is 1. The zero-order valence-electron chi connectivity index (χ0n) is 12.7. The first-order valence-electron chi connectivity index (χ1n) is 7.84. The minimum atomic E-state index is -0.430. The number of nitrogens with zero attached hydrogens (tertiary/aromatic N) is 2. The Bertz CT molecular complexity index is 792. The Morgan fingerprint density at radius 1 is 1.17 bits per heavy atom. The lowest BCUT2D eigenvalue weighted by atomic mass is 9.65. The summed E-state index contributed by atoms with van der Waals surface area (Å²) in [6.45, 7) is 0.910. The quantitative estimate of drug-likeness (QED) is 0.789. The third-order valence-electron chi connectivity index (χ3n) is 4.95. The number of fused-ring (bicyclic) bond motifs is 2. The number of hydrogen-bond acceptors (Lipinski definition) is 5. The van der Waals surface area contributed by atoms with Crippen molar-refractivity contribution in [1.29, 1.82) is 0 Å². The molecule has 0 spiro atoms. The number of carbonyl (C=O) groups is 2. The van der Waals surface area contributed by atoms with Crippen molar-refractivity contribution >= 4 is 39.4 Å². The van der Waals surface area contributed by atoms with Crippen molar-refractivity contribution in [2.45, 2.75) is 12.0 Å². The summed E-state index contributed by atoms with van der Waals surface area (Å²) in [4.78, 5) is 33.8. The summed E-state index contributed by atoms with van der Waals surface area (Å²) in [6, 6.07) is 4.36. The van der Waals surface area contributed by atoms with Crippen LogP contribution in [0.5, 0.6) is 0 Å². The van der Waals surface area contributed by atoms with E-state index in [9.17, 15) is 14.0 Å². The van der Waals surface area contributed by atoms with Gasteiger partial charge in [-0.15, -0.1) is 0 Å². The molecule has 3 aliphatic heterocycles. The molecule has 3 aliphatic rings. The van der Waals surface area contributed by atoms with Gasteiger partial charge in [-0.3, -0.25) is 19.6 Å². The third-order valence-corrected chi connectivity index (χ3v) is 5.55. The van der Waals surface area contributed by atoms with E-state index in [1.807, 2.05) is 0 Å². The fraction of sp³-hybridized carbons (Fsp3) is 0.412. The van der Waals surface area contributed by atoms with Crippen molar-refractivity contribution < 1.29 is 14.0 Å². The van der Waals surface area contributed by atoms with Crippen LogP contribution in [0.3, 0.4) is 0 Å². The Morgan fingerprint density at radius 3 is 2.79 bits per heavy atom. The Kier molecular flexibility index (Phi) is 3.92. The number of aliphatic imine (C=N–C) groups is 2. The Hall–Kier alpha value is -1.73. The first-order valence-corrected chi connectivity index (χ1v) is 8.63. The van der Waals surface area contributed by atoms with E-state index in [4.69, 9.17) is 0 Å². The predicted molar refractivity (Wildman–Crippen MR) is 91.3 cm³/mol. The molecule has 1 saturated heterocycles. The van der Waals surface area contributed by atoms with Gasteiger partial charge in [0.05, 0.1) is 35.4 Å². The molecule has 1 aromatic rings. The van der Waals surface area contributed by atoms with Gasteiger partial charge >= 0.3 is 0 Å². The maximum Gasteiger partial charge on any atom is 0.160 e. The van der Waals surface area contributed by atoms with Crippen molar-refractivity contribution in [2.75, 3.05) is 19.6 Å². The van der Waals surface area contributed by atoms with Gasteiger partial charge in [0.2, 0.25) is 0 Å². The van der Waals surface area contributed by atoms with E-state index in [1.165, 1.54) is 6.07 Å². The van der Waals surface area contributed by atoms with Crippen molar-refractivity contribution in [3.63, 3.8) is 0 Å². The first-order chi connectivity index (χ1) is 11.6. The van der Waals surface area contributed by atoms with E-state index < -0.39 is 11.8 Å². The lowest BCUT2D eigenvalue weighted by Crippen LogP contribution is -2.55. The average Bonchev–Trinajstić information content (AvgIpc) is 2.56. The van der Waals surface area contributed by atoms with Crippen LogP contribution in [-0.4, -0.2) is 49.2 Å². The van der Waals surface area contributed by atoms with Crippen molar-refractivity contribution in [2.24, 2.45) is 21.8 Å². The van der Waals surface area contributed by atoms with Gasteiger partial charge in [0.1, 0.15) is 5.82 Å². The van der Waals surface area contributed by atoms with Gasteiger partial charge in [-0.25, -0.2) is 4.39 Å². The van der Waals surface area contributed by atoms with Crippen LogP contribution in [0.4, 0.5) is 4.39 Å². The lowest BCUT2D eigenvalue weighted by Gasteiger charge is -2.42. The van der Waals surface area contributed by atoms with Crippen LogP contribution in [0.25, 0.3) is 0 Å². The number of ketones is 2. The molecule has 7 heteroatoms. The molecule has 24 heavy (non-hydrogen) atoms. The number of piperidine rings is 1. The molecule has 1 aromatic carbocycles. The second kappa shape index (κ2) is 5.97. The maximum absolute atomic E-state index is 13.6. The minimum Gasteiger partial charge on any atom is -0.305 e. The van der Waals surface area contributed by atoms with Crippen molar-refractivity contribution in [3.05, 3.63) is 34.1 Å². The first kappa shape index (κ1) is 15.8. The maximum atomic E-state index is 13.6. The highest BCUT2D eigenvalue weighted by Crippen LogP contribution is 2.42. The van der Waals surface area contributed by atoms with Crippen LogP contribution in [-0.2, 0) is 9.59 Å². The molecular weight excluding hydrogens is 377 g/mol. The molecule has 0 radical (unpaired) electrons. The van der Waals surface area contributed by atoms with Gasteiger partial charge in [0.25, 0.3) is 0 Å². The summed E-state index contributed by atoms with van der Waals surface area (Å²) in [5.41, 5.74) is 1.55. The molecule has 0 bridgehead atoms. The predicted octanol–water partition coefficient (Wildman–Crippen LogP) is 1.55. The van der Waals surface area contributed by atoms with Crippen LogP contribution >= 0.6 is 15.9 Å². The largest absolute Gasteiger partial charge is 0.305 e. The average molecular weight is 392 g/mol. The van der Waals surface area contributed by atoms with Crippen LogP contribution in [0.15, 0.2) is 32.7 Å². The molecule has 0 saturated carbocycles. The molecule has 1 N–H and O–H groups in total. The zero-order chi connectivity index (χ0) is 16.8. The topological polar surface area (TPSA) is 70.9 Å². The van der Waals surface area contributed by atoms with E-state index >= 15 is 0 Å². The fourth-order valence-electron chi connectivity index (χ4n) is 3.94. The second-order valence-electron chi connectivity index (χ2n) is 6.34. The van der Waals surface area contributed by atoms with E-state index in [-0.39, 0.29) is 42.4 Å². The van der Waals surface area contributed by atoms with Crippen LogP contribution in [0, 0.1) is 17.7 Å². The van der Waals surface area contributed by atoms with Gasteiger partial charge < -0.3 is 5.32 Å². The van der Waals surface area contributed by atoms with Gasteiger partial charge in [-0.2, -0.15) is 0 Å².